The van der Waals surface area contributed by atoms with E-state index in [9.17, 15) is 0 Å². The van der Waals surface area contributed by atoms with E-state index >= 15 is 0 Å². The first-order valence-corrected chi connectivity index (χ1v) is 6.11. The van der Waals surface area contributed by atoms with E-state index in [1.54, 1.807) is 6.92 Å². The quantitative estimate of drug-likeness (QED) is 0.693. The summed E-state index contributed by atoms with van der Waals surface area (Å²) in [5.74, 6) is 1.13. The van der Waals surface area contributed by atoms with Gasteiger partial charge < -0.3 is 19.6 Å². The van der Waals surface area contributed by atoms with Gasteiger partial charge in [0.25, 0.3) is 0 Å². The Bertz CT molecular complexity index is 256. The normalized spacial score (nSPS) is 22.8. The van der Waals surface area contributed by atoms with Crippen LogP contribution in [-0.4, -0.2) is 66.5 Å². The first-order valence-electron chi connectivity index (χ1n) is 6.11. The van der Waals surface area contributed by atoms with E-state index in [2.05, 4.69) is 14.8 Å². The van der Waals surface area contributed by atoms with Gasteiger partial charge in [0, 0.05) is 32.7 Å². The zero-order valence-electron chi connectivity index (χ0n) is 9.93. The van der Waals surface area contributed by atoms with Crippen LogP contribution in [0.3, 0.4) is 0 Å². The molecule has 2 rings (SSSR count). The molecule has 1 fully saturated rings. The van der Waals surface area contributed by atoms with Gasteiger partial charge in [-0.05, 0) is 19.8 Å². The Morgan fingerprint density at radius 2 is 2.19 bits per heavy atom. The lowest BCUT2D eigenvalue weighted by atomic mass is 10.2. The maximum Gasteiger partial charge on any atom is 0.196 e. The minimum absolute atomic E-state index is 0.560. The summed E-state index contributed by atoms with van der Waals surface area (Å²) in [4.78, 5) is 9.21. The van der Waals surface area contributed by atoms with E-state index in [0.717, 1.165) is 38.7 Å². The highest BCUT2D eigenvalue weighted by Crippen LogP contribution is 2.13. The van der Waals surface area contributed by atoms with Gasteiger partial charge >= 0.3 is 0 Å². The van der Waals surface area contributed by atoms with Crippen molar-refractivity contribution < 1.29 is 9.84 Å². The SMILES string of the molecule is CC(O)OCCN1CCCN2CCCN=C21. The molecule has 0 aliphatic carbocycles. The van der Waals surface area contributed by atoms with E-state index in [1.165, 1.54) is 12.8 Å². The fraction of sp³-hybridized carbons (Fsp3) is 0.909. The minimum Gasteiger partial charge on any atom is -0.368 e. The Morgan fingerprint density at radius 1 is 1.38 bits per heavy atom. The molecule has 2 aliphatic rings. The Labute approximate surface area is 96.7 Å². The smallest absolute Gasteiger partial charge is 0.196 e. The summed E-state index contributed by atoms with van der Waals surface area (Å²) >= 11 is 0. The molecular formula is C11H21N3O2. The van der Waals surface area contributed by atoms with Crippen molar-refractivity contribution in [3.05, 3.63) is 0 Å². The number of ether oxygens (including phenoxy) is 1. The van der Waals surface area contributed by atoms with Gasteiger partial charge in [-0.25, -0.2) is 0 Å². The number of aliphatic imine (C=N–C) groups is 1. The summed E-state index contributed by atoms with van der Waals surface area (Å²) in [7, 11) is 0. The zero-order valence-corrected chi connectivity index (χ0v) is 9.93. The van der Waals surface area contributed by atoms with E-state index in [1.807, 2.05) is 0 Å². The van der Waals surface area contributed by atoms with Crippen molar-refractivity contribution in [2.75, 3.05) is 39.3 Å². The van der Waals surface area contributed by atoms with Gasteiger partial charge in [0.05, 0.1) is 6.61 Å². The molecule has 5 nitrogen and oxygen atoms in total. The number of fused-ring (bicyclic) bond motifs is 1. The highest BCUT2D eigenvalue weighted by Gasteiger charge is 2.24. The van der Waals surface area contributed by atoms with Crippen molar-refractivity contribution in [2.45, 2.75) is 26.1 Å². The molecular weight excluding hydrogens is 206 g/mol. The van der Waals surface area contributed by atoms with E-state index in [4.69, 9.17) is 9.84 Å². The largest absolute Gasteiger partial charge is 0.368 e. The van der Waals surface area contributed by atoms with Crippen LogP contribution < -0.4 is 0 Å². The van der Waals surface area contributed by atoms with Crippen molar-refractivity contribution in [2.24, 2.45) is 4.99 Å². The Kier molecular flexibility index (Phi) is 4.01. The molecule has 0 bridgehead atoms. The summed E-state index contributed by atoms with van der Waals surface area (Å²) in [6.45, 7) is 7.28. The van der Waals surface area contributed by atoms with E-state index in [0.29, 0.717) is 6.61 Å². The van der Waals surface area contributed by atoms with Crippen LogP contribution in [0.15, 0.2) is 4.99 Å². The fourth-order valence-corrected chi connectivity index (χ4v) is 2.25. The summed E-state index contributed by atoms with van der Waals surface area (Å²) in [5, 5.41) is 9.03. The molecule has 1 unspecified atom stereocenters. The van der Waals surface area contributed by atoms with Gasteiger partial charge in [-0.15, -0.1) is 0 Å². The number of aliphatic hydroxyl groups excluding tert-OH is 1. The van der Waals surface area contributed by atoms with Crippen LogP contribution in [0.25, 0.3) is 0 Å². The average molecular weight is 227 g/mol. The highest BCUT2D eigenvalue weighted by molar-refractivity contribution is 5.81. The predicted octanol–water partition coefficient (Wildman–Crippen LogP) is 0.109. The van der Waals surface area contributed by atoms with Crippen molar-refractivity contribution in [1.82, 2.24) is 9.80 Å². The van der Waals surface area contributed by atoms with E-state index < -0.39 is 6.29 Å². The number of aliphatic hydroxyl groups is 1. The van der Waals surface area contributed by atoms with Crippen LogP contribution in [-0.2, 0) is 4.74 Å². The number of hydrogen-bond donors (Lipinski definition) is 1. The standard InChI is InChI=1S/C11H21N3O2/c1-10(15)16-9-8-14-7-3-6-13-5-2-4-12-11(13)14/h10,15H,2-9H2,1H3. The number of nitrogens with zero attached hydrogens (tertiary/aromatic N) is 3. The molecule has 0 radical (unpaired) electrons. The van der Waals surface area contributed by atoms with Gasteiger partial charge in [0.1, 0.15) is 0 Å². The van der Waals surface area contributed by atoms with Crippen molar-refractivity contribution in [3.8, 4) is 0 Å². The van der Waals surface area contributed by atoms with Gasteiger partial charge in [-0.2, -0.15) is 0 Å². The Morgan fingerprint density at radius 3 is 3.00 bits per heavy atom. The third-order valence-corrected chi connectivity index (χ3v) is 2.98. The first kappa shape index (κ1) is 11.7. The molecule has 0 aromatic heterocycles. The fourth-order valence-electron chi connectivity index (χ4n) is 2.25. The summed E-state index contributed by atoms with van der Waals surface area (Å²) < 4.78 is 5.16. The molecule has 1 atom stereocenters. The van der Waals surface area contributed by atoms with Crippen LogP contribution in [0.2, 0.25) is 0 Å². The molecule has 0 aromatic carbocycles. The molecule has 5 heteroatoms. The molecule has 92 valence electrons. The highest BCUT2D eigenvalue weighted by atomic mass is 16.6. The zero-order chi connectivity index (χ0) is 11.4. The number of rotatable bonds is 4. The average Bonchev–Trinajstić information content (AvgIpc) is 2.29. The first-order chi connectivity index (χ1) is 7.77. The molecule has 0 spiro atoms. The topological polar surface area (TPSA) is 48.3 Å². The van der Waals surface area contributed by atoms with Crippen molar-refractivity contribution in [1.29, 1.82) is 0 Å². The monoisotopic (exact) mass is 227 g/mol. The molecule has 0 amide bonds. The molecule has 2 heterocycles. The Balaban J connectivity index is 1.85. The molecule has 0 saturated carbocycles. The van der Waals surface area contributed by atoms with Gasteiger partial charge in [0.2, 0.25) is 0 Å². The maximum absolute atomic E-state index is 9.03. The van der Waals surface area contributed by atoms with E-state index in [-0.39, 0.29) is 0 Å². The lowest BCUT2D eigenvalue weighted by molar-refractivity contribution is -0.0875. The van der Waals surface area contributed by atoms with Crippen LogP contribution >= 0.6 is 0 Å². The predicted molar refractivity (Wildman–Crippen MR) is 62.3 cm³/mol. The van der Waals surface area contributed by atoms with Crippen molar-refractivity contribution >= 4 is 5.96 Å². The third kappa shape index (κ3) is 2.86. The number of guanidine groups is 1. The second-order valence-corrected chi connectivity index (χ2v) is 4.33. The van der Waals surface area contributed by atoms with Gasteiger partial charge in [0.15, 0.2) is 12.2 Å². The molecule has 1 saturated heterocycles. The van der Waals surface area contributed by atoms with Crippen LogP contribution in [0.1, 0.15) is 19.8 Å². The van der Waals surface area contributed by atoms with Crippen LogP contribution in [0, 0.1) is 0 Å². The van der Waals surface area contributed by atoms with Gasteiger partial charge in [-0.3, -0.25) is 4.99 Å². The van der Waals surface area contributed by atoms with Gasteiger partial charge in [-0.1, -0.05) is 0 Å². The third-order valence-electron chi connectivity index (χ3n) is 2.98. The molecule has 0 aromatic rings. The summed E-state index contributed by atoms with van der Waals surface area (Å²) in [6, 6.07) is 0. The second kappa shape index (κ2) is 5.50. The molecule has 16 heavy (non-hydrogen) atoms. The lowest BCUT2D eigenvalue weighted by Crippen LogP contribution is -2.53. The molecule has 1 N–H and O–H groups in total. The second-order valence-electron chi connectivity index (χ2n) is 4.33. The summed E-state index contributed by atoms with van der Waals surface area (Å²) in [5.41, 5.74) is 0. The minimum atomic E-state index is -0.672. The Hall–Kier alpha value is -0.810. The lowest BCUT2D eigenvalue weighted by Gasteiger charge is -2.41. The van der Waals surface area contributed by atoms with Crippen LogP contribution in [0.5, 0.6) is 0 Å². The molecule has 2 aliphatic heterocycles. The van der Waals surface area contributed by atoms with Crippen molar-refractivity contribution in [3.63, 3.8) is 0 Å². The summed E-state index contributed by atoms with van der Waals surface area (Å²) in [6.07, 6.45) is 1.68. The number of hydrogen-bond acceptors (Lipinski definition) is 5. The maximum atomic E-state index is 9.03. The van der Waals surface area contributed by atoms with Crippen LogP contribution in [0.4, 0.5) is 0 Å².